The summed E-state index contributed by atoms with van der Waals surface area (Å²) in [4.78, 5) is 0. The molecule has 0 aromatic heterocycles. The maximum atomic E-state index is 10.1. The smallest absolute Gasteiger partial charge is 0.0896 e. The van der Waals surface area contributed by atoms with Gasteiger partial charge in [-0.2, -0.15) is 0 Å². The first kappa shape index (κ1) is 9.47. The Bertz CT molecular complexity index is 344. The molecule has 1 N–H and O–H groups in total. The largest absolute Gasteiger partial charge is 0.385 e. The van der Waals surface area contributed by atoms with Gasteiger partial charge in [-0.25, -0.2) is 0 Å². The zero-order valence-corrected chi connectivity index (χ0v) is 8.59. The third-order valence-corrected chi connectivity index (χ3v) is 3.14. The van der Waals surface area contributed by atoms with Crippen LogP contribution in [0.4, 0.5) is 0 Å². The molecule has 1 aliphatic rings. The van der Waals surface area contributed by atoms with Crippen molar-refractivity contribution in [2.24, 2.45) is 0 Å². The molecule has 74 valence electrons. The van der Waals surface area contributed by atoms with Gasteiger partial charge < -0.3 is 5.11 Å². The number of aryl methyl sites for hydroxylation is 1. The quantitative estimate of drug-likeness (QED) is 0.756. The third-order valence-electron chi connectivity index (χ3n) is 3.14. The molecular formula is C13H16O. The molecule has 0 atom stereocenters. The summed E-state index contributed by atoms with van der Waals surface area (Å²) in [5.74, 6) is 0. The molecule has 1 saturated carbocycles. The summed E-state index contributed by atoms with van der Waals surface area (Å²) in [5, 5.41) is 10.1. The Morgan fingerprint density at radius 3 is 2.29 bits per heavy atom. The lowest BCUT2D eigenvalue weighted by molar-refractivity contribution is 0.0247. The van der Waals surface area contributed by atoms with Crippen LogP contribution >= 0.6 is 0 Å². The summed E-state index contributed by atoms with van der Waals surface area (Å²) in [6.07, 6.45) is 2.83. The number of benzene rings is 1. The second-order valence-electron chi connectivity index (χ2n) is 4.23. The molecule has 1 aliphatic carbocycles. The van der Waals surface area contributed by atoms with Crippen LogP contribution in [0, 0.1) is 6.92 Å². The van der Waals surface area contributed by atoms with Crippen LogP contribution in [0.15, 0.2) is 30.8 Å². The first-order chi connectivity index (χ1) is 6.62. The van der Waals surface area contributed by atoms with Gasteiger partial charge in [0.15, 0.2) is 0 Å². The van der Waals surface area contributed by atoms with Crippen LogP contribution in [0.5, 0.6) is 0 Å². The van der Waals surface area contributed by atoms with Gasteiger partial charge in [-0.15, -0.1) is 0 Å². The number of rotatable bonds is 2. The van der Waals surface area contributed by atoms with Crippen LogP contribution in [-0.4, -0.2) is 10.7 Å². The molecule has 0 radical (unpaired) electrons. The van der Waals surface area contributed by atoms with Gasteiger partial charge in [-0.1, -0.05) is 36.4 Å². The molecule has 0 aliphatic heterocycles. The van der Waals surface area contributed by atoms with Gasteiger partial charge in [0.2, 0.25) is 0 Å². The third kappa shape index (κ3) is 1.48. The van der Waals surface area contributed by atoms with Gasteiger partial charge in [0.25, 0.3) is 0 Å². The van der Waals surface area contributed by atoms with Gasteiger partial charge in [0, 0.05) is 0 Å². The highest BCUT2D eigenvalue weighted by Crippen LogP contribution is 2.41. The van der Waals surface area contributed by atoms with Crippen LogP contribution in [0.1, 0.15) is 30.4 Å². The highest BCUT2D eigenvalue weighted by Gasteiger charge is 2.37. The molecule has 1 heteroatoms. The van der Waals surface area contributed by atoms with Crippen molar-refractivity contribution in [1.29, 1.82) is 0 Å². The lowest BCUT2D eigenvalue weighted by Crippen LogP contribution is -2.37. The standard InChI is InChI=1S/C13H16O/c1-10-4-6-12(7-5-10)11(2)13(14)8-3-9-13/h4-7,14H,2-3,8-9H2,1H3. The summed E-state index contributed by atoms with van der Waals surface area (Å²) in [5.41, 5.74) is 2.57. The molecule has 2 rings (SSSR count). The highest BCUT2D eigenvalue weighted by molar-refractivity contribution is 5.71. The minimum Gasteiger partial charge on any atom is -0.385 e. The molecule has 1 aromatic rings. The zero-order valence-electron chi connectivity index (χ0n) is 8.59. The van der Waals surface area contributed by atoms with Crippen LogP contribution in [0.3, 0.4) is 0 Å². The molecule has 0 spiro atoms. The minimum atomic E-state index is -0.616. The second kappa shape index (κ2) is 3.25. The number of hydrogen-bond acceptors (Lipinski definition) is 1. The van der Waals surface area contributed by atoms with Gasteiger partial charge in [-0.05, 0) is 37.3 Å². The lowest BCUT2D eigenvalue weighted by atomic mass is 9.73. The molecule has 1 aromatic carbocycles. The first-order valence-electron chi connectivity index (χ1n) is 5.11. The maximum absolute atomic E-state index is 10.1. The van der Waals surface area contributed by atoms with E-state index in [1.807, 2.05) is 12.1 Å². The predicted molar refractivity (Wildman–Crippen MR) is 59.0 cm³/mol. The van der Waals surface area contributed by atoms with Crippen LogP contribution < -0.4 is 0 Å². The van der Waals surface area contributed by atoms with E-state index in [1.54, 1.807) is 0 Å². The fourth-order valence-corrected chi connectivity index (χ4v) is 1.84. The van der Waals surface area contributed by atoms with E-state index in [1.165, 1.54) is 5.56 Å². The van der Waals surface area contributed by atoms with E-state index in [2.05, 4.69) is 25.6 Å². The van der Waals surface area contributed by atoms with Gasteiger partial charge in [0.05, 0.1) is 5.60 Å². The average Bonchev–Trinajstić information content (AvgIpc) is 2.14. The van der Waals surface area contributed by atoms with E-state index >= 15 is 0 Å². The molecule has 1 nitrogen and oxygen atoms in total. The van der Waals surface area contributed by atoms with Crippen molar-refractivity contribution >= 4 is 5.57 Å². The summed E-state index contributed by atoms with van der Waals surface area (Å²) in [6.45, 7) is 6.06. The molecule has 14 heavy (non-hydrogen) atoms. The van der Waals surface area contributed by atoms with Crippen molar-refractivity contribution in [3.63, 3.8) is 0 Å². The van der Waals surface area contributed by atoms with Crippen molar-refractivity contribution < 1.29 is 5.11 Å². The Labute approximate surface area is 85.1 Å². The lowest BCUT2D eigenvalue weighted by Gasteiger charge is -2.38. The number of aliphatic hydroxyl groups is 1. The molecule has 0 bridgehead atoms. The Hall–Kier alpha value is -1.08. The number of hydrogen-bond donors (Lipinski definition) is 1. The SMILES string of the molecule is C=C(c1ccc(C)cc1)C1(O)CCC1. The fourth-order valence-electron chi connectivity index (χ4n) is 1.84. The highest BCUT2D eigenvalue weighted by atomic mass is 16.3. The predicted octanol–water partition coefficient (Wildman–Crippen LogP) is 2.92. The molecule has 0 heterocycles. The monoisotopic (exact) mass is 188 g/mol. The molecular weight excluding hydrogens is 172 g/mol. The van der Waals surface area contributed by atoms with Crippen molar-refractivity contribution in [2.75, 3.05) is 0 Å². The molecule has 1 fully saturated rings. The van der Waals surface area contributed by atoms with Gasteiger partial charge in [-0.3, -0.25) is 0 Å². The minimum absolute atomic E-state index is 0.616. The van der Waals surface area contributed by atoms with E-state index in [0.717, 1.165) is 30.4 Å². The maximum Gasteiger partial charge on any atom is 0.0896 e. The normalized spacial score (nSPS) is 18.7. The molecule has 0 saturated heterocycles. The summed E-state index contributed by atoms with van der Waals surface area (Å²) >= 11 is 0. The molecule has 0 amide bonds. The Kier molecular flexibility index (Phi) is 2.20. The van der Waals surface area contributed by atoms with Crippen LogP contribution in [-0.2, 0) is 0 Å². The molecule has 0 unspecified atom stereocenters. The van der Waals surface area contributed by atoms with Crippen LogP contribution in [0.25, 0.3) is 5.57 Å². The van der Waals surface area contributed by atoms with E-state index in [-0.39, 0.29) is 0 Å². The van der Waals surface area contributed by atoms with E-state index in [4.69, 9.17) is 0 Å². The zero-order chi connectivity index (χ0) is 10.2. The van der Waals surface area contributed by atoms with Crippen molar-refractivity contribution in [3.05, 3.63) is 42.0 Å². The van der Waals surface area contributed by atoms with E-state index < -0.39 is 5.60 Å². The summed E-state index contributed by atoms with van der Waals surface area (Å²) < 4.78 is 0. The Morgan fingerprint density at radius 1 is 1.29 bits per heavy atom. The van der Waals surface area contributed by atoms with Crippen molar-refractivity contribution in [3.8, 4) is 0 Å². The topological polar surface area (TPSA) is 20.2 Å². The first-order valence-corrected chi connectivity index (χ1v) is 5.11. The van der Waals surface area contributed by atoms with E-state index in [0.29, 0.717) is 0 Å². The van der Waals surface area contributed by atoms with Crippen molar-refractivity contribution in [2.45, 2.75) is 31.8 Å². The van der Waals surface area contributed by atoms with Crippen LogP contribution in [0.2, 0.25) is 0 Å². The Balaban J connectivity index is 2.23. The van der Waals surface area contributed by atoms with Gasteiger partial charge in [0.1, 0.15) is 0 Å². The average molecular weight is 188 g/mol. The van der Waals surface area contributed by atoms with E-state index in [9.17, 15) is 5.11 Å². The Morgan fingerprint density at radius 2 is 1.86 bits per heavy atom. The summed E-state index contributed by atoms with van der Waals surface area (Å²) in [7, 11) is 0. The second-order valence-corrected chi connectivity index (χ2v) is 4.23. The van der Waals surface area contributed by atoms with Crippen molar-refractivity contribution in [1.82, 2.24) is 0 Å². The fraction of sp³-hybridized carbons (Fsp3) is 0.385. The van der Waals surface area contributed by atoms with Gasteiger partial charge >= 0.3 is 0 Å². The summed E-state index contributed by atoms with van der Waals surface area (Å²) in [6, 6.07) is 8.19.